The zero-order valence-electron chi connectivity index (χ0n) is 26.5. The van der Waals surface area contributed by atoms with Gasteiger partial charge in [0.1, 0.15) is 0 Å². The van der Waals surface area contributed by atoms with Crippen LogP contribution in [0.1, 0.15) is 183 Å². The summed E-state index contributed by atoms with van der Waals surface area (Å²) in [6.07, 6.45) is 13.7. The minimum atomic E-state index is -1.39. The molecule has 0 aliphatic rings. The van der Waals surface area contributed by atoms with Crippen molar-refractivity contribution < 1.29 is 38.9 Å². The molecule has 8 nitrogen and oxygen atoms in total. The molecule has 2 N–H and O–H groups in total. The number of carboxylic acids is 2. The summed E-state index contributed by atoms with van der Waals surface area (Å²) in [5.41, 5.74) is -0.972. The Kier molecular flexibility index (Phi) is 19.2. The average Bonchev–Trinajstić information content (AvgIpc) is 2.96. The molecule has 238 valence electrons. The SMILES string of the molecule is CCCCCCOC(=O)c1c(CCCCCC)c(C(=O)OCCCCCC)c(C(=O)O)c(CCCCCC)c1C(=O)O. The maximum atomic E-state index is 13.6. The molecule has 8 heteroatoms. The van der Waals surface area contributed by atoms with Crippen molar-refractivity contribution >= 4 is 23.9 Å². The van der Waals surface area contributed by atoms with E-state index < -0.39 is 23.9 Å². The van der Waals surface area contributed by atoms with E-state index in [0.29, 0.717) is 25.7 Å². The van der Waals surface area contributed by atoms with Crippen LogP contribution in [0.25, 0.3) is 0 Å². The highest BCUT2D eigenvalue weighted by Crippen LogP contribution is 2.33. The maximum Gasteiger partial charge on any atom is 0.339 e. The zero-order valence-corrected chi connectivity index (χ0v) is 26.5. The molecule has 0 fully saturated rings. The first-order chi connectivity index (χ1) is 20.3. The van der Waals surface area contributed by atoms with Gasteiger partial charge in [0, 0.05) is 0 Å². The first kappa shape index (κ1) is 37.1. The van der Waals surface area contributed by atoms with Crippen molar-refractivity contribution in [2.24, 2.45) is 0 Å². The summed E-state index contributed by atoms with van der Waals surface area (Å²) in [4.78, 5) is 52.9. The van der Waals surface area contributed by atoms with Gasteiger partial charge in [0.05, 0.1) is 35.5 Å². The summed E-state index contributed by atoms with van der Waals surface area (Å²) >= 11 is 0. The predicted octanol–water partition coefficient (Wildman–Crippen LogP) is 8.80. The number of hydrogen-bond donors (Lipinski definition) is 2. The molecule has 0 unspecified atom stereocenters. The highest BCUT2D eigenvalue weighted by molar-refractivity contribution is 6.13. The molecule has 0 amide bonds. The second-order valence-electron chi connectivity index (χ2n) is 11.1. The molecule has 0 heterocycles. The van der Waals surface area contributed by atoms with Crippen LogP contribution < -0.4 is 0 Å². The standard InChI is InChI=1S/C34H54O8/c1-5-9-13-17-21-25-27(31(35)36)29(33(39)41-23-19-15-11-7-3)26(22-18-14-10-6-2)30(28(25)32(37)38)34(40)42-24-20-16-12-8-4/h5-24H2,1-4H3,(H,35,36)(H,37,38). The summed E-state index contributed by atoms with van der Waals surface area (Å²) in [7, 11) is 0. The number of rotatable bonds is 24. The first-order valence-electron chi connectivity index (χ1n) is 16.3. The van der Waals surface area contributed by atoms with Gasteiger partial charge >= 0.3 is 23.9 Å². The van der Waals surface area contributed by atoms with Gasteiger partial charge in [-0.2, -0.15) is 0 Å². The van der Waals surface area contributed by atoms with Crippen LogP contribution in [0.2, 0.25) is 0 Å². The summed E-state index contributed by atoms with van der Waals surface area (Å²) < 4.78 is 11.2. The van der Waals surface area contributed by atoms with Crippen LogP contribution in [-0.4, -0.2) is 47.3 Å². The third kappa shape index (κ3) is 12.1. The van der Waals surface area contributed by atoms with Gasteiger partial charge in [0.2, 0.25) is 0 Å². The highest BCUT2D eigenvalue weighted by Gasteiger charge is 2.36. The molecule has 1 aromatic rings. The molecule has 0 aliphatic carbocycles. The summed E-state index contributed by atoms with van der Waals surface area (Å²) in [6.45, 7) is 8.50. The van der Waals surface area contributed by atoms with E-state index in [1.165, 1.54) is 0 Å². The molecule has 0 saturated heterocycles. The van der Waals surface area contributed by atoms with Gasteiger partial charge in [0.25, 0.3) is 0 Å². The van der Waals surface area contributed by atoms with E-state index in [1.54, 1.807) is 0 Å². The van der Waals surface area contributed by atoms with Crippen LogP contribution in [0, 0.1) is 0 Å². The largest absolute Gasteiger partial charge is 0.478 e. The van der Waals surface area contributed by atoms with E-state index in [1.807, 2.05) is 6.92 Å². The Morgan fingerprint density at radius 3 is 1.07 bits per heavy atom. The Balaban J connectivity index is 3.84. The van der Waals surface area contributed by atoms with Crippen molar-refractivity contribution in [2.45, 2.75) is 143 Å². The van der Waals surface area contributed by atoms with Crippen molar-refractivity contribution in [3.05, 3.63) is 33.4 Å². The molecule has 0 aromatic heterocycles. The fourth-order valence-electron chi connectivity index (χ4n) is 5.26. The fourth-order valence-corrected chi connectivity index (χ4v) is 5.26. The monoisotopic (exact) mass is 590 g/mol. The minimum Gasteiger partial charge on any atom is -0.478 e. The van der Waals surface area contributed by atoms with Crippen LogP contribution >= 0.6 is 0 Å². The van der Waals surface area contributed by atoms with Gasteiger partial charge in [-0.15, -0.1) is 0 Å². The molecule has 0 aliphatic heterocycles. The molecule has 0 spiro atoms. The third-order valence-corrected chi connectivity index (χ3v) is 7.57. The van der Waals surface area contributed by atoms with Crippen LogP contribution in [0.5, 0.6) is 0 Å². The number of hydrogen-bond acceptors (Lipinski definition) is 6. The number of carbonyl (C=O) groups excluding carboxylic acids is 2. The smallest absolute Gasteiger partial charge is 0.339 e. The minimum absolute atomic E-state index is 0.000669. The molecular weight excluding hydrogens is 536 g/mol. The molecule has 42 heavy (non-hydrogen) atoms. The number of aromatic carboxylic acids is 2. The molecule has 1 aromatic carbocycles. The number of benzene rings is 1. The topological polar surface area (TPSA) is 127 Å². The lowest BCUT2D eigenvalue weighted by Crippen LogP contribution is -2.26. The van der Waals surface area contributed by atoms with E-state index in [4.69, 9.17) is 9.47 Å². The van der Waals surface area contributed by atoms with Gasteiger partial charge in [-0.1, -0.05) is 105 Å². The maximum absolute atomic E-state index is 13.6. The Bertz CT molecular complexity index is 933. The molecule has 0 saturated carbocycles. The van der Waals surface area contributed by atoms with E-state index >= 15 is 0 Å². The Morgan fingerprint density at radius 1 is 0.452 bits per heavy atom. The van der Waals surface area contributed by atoms with Crippen molar-refractivity contribution in [3.8, 4) is 0 Å². The van der Waals surface area contributed by atoms with Crippen LogP contribution in [0.4, 0.5) is 0 Å². The third-order valence-electron chi connectivity index (χ3n) is 7.57. The number of carboxylic acid groups (broad SMARTS) is 2. The van der Waals surface area contributed by atoms with Crippen LogP contribution in [0.15, 0.2) is 0 Å². The molecule has 1 rings (SSSR count). The Labute approximate surface area is 252 Å². The van der Waals surface area contributed by atoms with Crippen molar-refractivity contribution in [1.29, 1.82) is 0 Å². The van der Waals surface area contributed by atoms with Crippen molar-refractivity contribution in [1.82, 2.24) is 0 Å². The Morgan fingerprint density at radius 2 is 0.762 bits per heavy atom. The second-order valence-corrected chi connectivity index (χ2v) is 11.1. The molecule has 0 radical (unpaired) electrons. The van der Waals surface area contributed by atoms with Gasteiger partial charge in [-0.05, 0) is 49.7 Å². The zero-order chi connectivity index (χ0) is 31.3. The molecular formula is C34H54O8. The summed E-state index contributed by atoms with van der Waals surface area (Å²) in [6, 6.07) is 0. The lowest BCUT2D eigenvalue weighted by molar-refractivity contribution is 0.0475. The normalized spacial score (nSPS) is 11.0. The van der Waals surface area contributed by atoms with E-state index in [2.05, 4.69) is 20.8 Å². The van der Waals surface area contributed by atoms with Gasteiger partial charge in [0.15, 0.2) is 0 Å². The number of unbranched alkanes of at least 4 members (excludes halogenated alkanes) is 12. The number of ether oxygens (including phenoxy) is 2. The lowest BCUT2D eigenvalue weighted by atomic mass is 9.82. The van der Waals surface area contributed by atoms with E-state index in [0.717, 1.165) is 77.0 Å². The van der Waals surface area contributed by atoms with E-state index in [9.17, 15) is 29.4 Å². The van der Waals surface area contributed by atoms with Gasteiger partial charge in [-0.3, -0.25) is 0 Å². The van der Waals surface area contributed by atoms with Crippen LogP contribution in [-0.2, 0) is 22.3 Å². The predicted molar refractivity (Wildman–Crippen MR) is 165 cm³/mol. The Hall–Kier alpha value is -2.90. The van der Waals surface area contributed by atoms with Crippen molar-refractivity contribution in [3.63, 3.8) is 0 Å². The molecule has 0 atom stereocenters. The van der Waals surface area contributed by atoms with Gasteiger partial charge < -0.3 is 19.7 Å². The lowest BCUT2D eigenvalue weighted by Gasteiger charge is -2.22. The van der Waals surface area contributed by atoms with Crippen molar-refractivity contribution in [2.75, 3.05) is 13.2 Å². The average molecular weight is 591 g/mol. The fraction of sp³-hybridized carbons (Fsp3) is 0.706. The van der Waals surface area contributed by atoms with E-state index in [-0.39, 0.29) is 59.4 Å². The summed E-state index contributed by atoms with van der Waals surface area (Å²) in [5, 5.41) is 20.8. The first-order valence-corrected chi connectivity index (χ1v) is 16.3. The second kappa shape index (κ2) is 21.8. The molecule has 0 bridgehead atoms. The quantitative estimate of drug-likeness (QED) is 0.0903. The summed E-state index contributed by atoms with van der Waals surface area (Å²) in [5.74, 6) is -4.43. The highest BCUT2D eigenvalue weighted by atomic mass is 16.5. The van der Waals surface area contributed by atoms with Gasteiger partial charge in [-0.25, -0.2) is 19.2 Å². The number of carbonyl (C=O) groups is 4. The van der Waals surface area contributed by atoms with Crippen LogP contribution in [0.3, 0.4) is 0 Å². The number of esters is 2.